The number of quaternary nitrogens is 1. The molecule has 0 bridgehead atoms. The molecule has 0 unspecified atom stereocenters. The molecule has 0 aromatic heterocycles. The molecule has 0 aromatic rings. The van der Waals surface area contributed by atoms with E-state index in [1.165, 1.54) is 0 Å². The molecule has 4 heteroatoms. The molecule has 61 valence electrons. The summed E-state index contributed by atoms with van der Waals surface area (Å²) in [5, 5.41) is 0. The monoisotopic (exact) mass is 163 g/mol. The van der Waals surface area contributed by atoms with Crippen molar-refractivity contribution in [2.75, 3.05) is 27.7 Å². The van der Waals surface area contributed by atoms with Gasteiger partial charge >= 0.3 is 9.28 Å². The van der Waals surface area contributed by atoms with E-state index in [0.29, 0.717) is 6.04 Å². The highest BCUT2D eigenvalue weighted by atomic mass is 28.3. The molecule has 0 heterocycles. The van der Waals surface area contributed by atoms with Crippen molar-refractivity contribution in [3.05, 3.63) is 0 Å². The van der Waals surface area contributed by atoms with Crippen LogP contribution in [0, 0.1) is 0 Å². The molecule has 0 fully saturated rings. The molecule has 0 aliphatic rings. The van der Waals surface area contributed by atoms with Gasteiger partial charge in [-0.25, -0.2) is 0 Å². The fraction of sp³-hybridized carbons (Fsp3) is 1.00. The summed E-state index contributed by atoms with van der Waals surface area (Å²) in [6, 6.07) is 0.584. The smallest absolute Gasteiger partial charge is 0.379 e. The third kappa shape index (κ3) is 8.10. The second kappa shape index (κ2) is 4.08. The zero-order chi connectivity index (χ0) is 8.20. The van der Waals surface area contributed by atoms with Crippen LogP contribution in [0.5, 0.6) is 0 Å². The van der Waals surface area contributed by atoms with Gasteiger partial charge < -0.3 is 14.1 Å². The molecule has 0 aliphatic carbocycles. The van der Waals surface area contributed by atoms with Crippen LogP contribution in [0.2, 0.25) is 6.04 Å². The van der Waals surface area contributed by atoms with E-state index in [0.717, 1.165) is 17.4 Å². The van der Waals surface area contributed by atoms with Gasteiger partial charge in [-0.2, -0.15) is 0 Å². The summed E-state index contributed by atoms with van der Waals surface area (Å²) in [6.07, 6.45) is 0.908. The van der Waals surface area contributed by atoms with Crippen molar-refractivity contribution in [1.82, 2.24) is 0 Å². The van der Waals surface area contributed by atoms with Gasteiger partial charge in [-0.1, -0.05) is 0 Å². The standard InChI is InChI=1S/C6H17NO2Si/c1-7(2,3)5-4-6-10(8)9/h8-9H,4-6H2,1-3H3/q+1. The van der Waals surface area contributed by atoms with Gasteiger partial charge in [0, 0.05) is 0 Å². The molecule has 2 N–H and O–H groups in total. The fourth-order valence-electron chi connectivity index (χ4n) is 0.712. The van der Waals surface area contributed by atoms with Crippen molar-refractivity contribution in [3.8, 4) is 0 Å². The first-order valence-electron chi connectivity index (χ1n) is 3.46. The lowest BCUT2D eigenvalue weighted by Crippen LogP contribution is -2.35. The zero-order valence-electron chi connectivity index (χ0n) is 6.96. The summed E-state index contributed by atoms with van der Waals surface area (Å²) in [5.41, 5.74) is 0. The highest BCUT2D eigenvalue weighted by Crippen LogP contribution is 1.98. The second-order valence-corrected chi connectivity index (χ2v) is 4.87. The molecular weight excluding hydrogens is 146 g/mol. The van der Waals surface area contributed by atoms with Crippen molar-refractivity contribution in [2.45, 2.75) is 12.5 Å². The molecule has 0 aromatic carbocycles. The first kappa shape index (κ1) is 10.1. The molecule has 1 radical (unpaired) electrons. The van der Waals surface area contributed by atoms with E-state index in [-0.39, 0.29) is 0 Å². The van der Waals surface area contributed by atoms with E-state index >= 15 is 0 Å². The lowest BCUT2D eigenvalue weighted by atomic mass is 10.4. The fourth-order valence-corrected chi connectivity index (χ4v) is 1.19. The van der Waals surface area contributed by atoms with Crippen LogP contribution in [-0.4, -0.2) is 51.0 Å². The van der Waals surface area contributed by atoms with E-state index in [1.807, 2.05) is 0 Å². The van der Waals surface area contributed by atoms with E-state index < -0.39 is 9.28 Å². The molecule has 0 spiro atoms. The summed E-state index contributed by atoms with van der Waals surface area (Å²) in [6.45, 7) is 1.01. The number of nitrogens with zero attached hydrogens (tertiary/aromatic N) is 1. The predicted octanol–water partition coefficient (Wildman–Crippen LogP) is -0.444. The quantitative estimate of drug-likeness (QED) is 0.435. The maximum Gasteiger partial charge on any atom is 0.379 e. The summed E-state index contributed by atoms with van der Waals surface area (Å²) in [4.78, 5) is 17.2. The molecule has 0 amide bonds. The molecule has 10 heavy (non-hydrogen) atoms. The van der Waals surface area contributed by atoms with Crippen LogP contribution in [-0.2, 0) is 0 Å². The van der Waals surface area contributed by atoms with Crippen molar-refractivity contribution in [2.24, 2.45) is 0 Å². The second-order valence-electron chi connectivity index (χ2n) is 3.53. The number of hydrogen-bond donors (Lipinski definition) is 2. The third-order valence-electron chi connectivity index (χ3n) is 1.23. The van der Waals surface area contributed by atoms with Crippen molar-refractivity contribution in [1.29, 1.82) is 0 Å². The molecule has 0 rings (SSSR count). The third-order valence-corrected chi connectivity index (χ3v) is 2.03. The van der Waals surface area contributed by atoms with Crippen molar-refractivity contribution in [3.63, 3.8) is 0 Å². The molecular formula is C6H17NO2Si+. The van der Waals surface area contributed by atoms with Crippen molar-refractivity contribution < 1.29 is 14.1 Å². The predicted molar refractivity (Wildman–Crippen MR) is 42.5 cm³/mol. The Morgan fingerprint density at radius 3 is 2.00 bits per heavy atom. The summed E-state index contributed by atoms with van der Waals surface area (Å²) >= 11 is 0. The normalized spacial score (nSPS) is 12.6. The Hall–Kier alpha value is 0.0969. The average Bonchev–Trinajstić information content (AvgIpc) is 1.59. The van der Waals surface area contributed by atoms with Gasteiger partial charge in [0.1, 0.15) is 0 Å². The van der Waals surface area contributed by atoms with E-state index in [1.54, 1.807) is 0 Å². The minimum atomic E-state index is -1.97. The summed E-state index contributed by atoms with van der Waals surface area (Å²) in [5.74, 6) is 0. The van der Waals surface area contributed by atoms with Gasteiger partial charge in [0.2, 0.25) is 0 Å². The Kier molecular flexibility index (Phi) is 4.11. The van der Waals surface area contributed by atoms with Gasteiger partial charge in [-0.15, -0.1) is 0 Å². The van der Waals surface area contributed by atoms with Crippen LogP contribution in [0.1, 0.15) is 6.42 Å². The Morgan fingerprint density at radius 2 is 1.70 bits per heavy atom. The lowest BCUT2D eigenvalue weighted by Gasteiger charge is -2.23. The van der Waals surface area contributed by atoms with Gasteiger partial charge in [0.05, 0.1) is 27.7 Å². The molecule has 0 saturated carbocycles. The van der Waals surface area contributed by atoms with E-state index in [2.05, 4.69) is 21.1 Å². The highest BCUT2D eigenvalue weighted by Gasteiger charge is 2.09. The van der Waals surface area contributed by atoms with Crippen LogP contribution in [0.15, 0.2) is 0 Å². The van der Waals surface area contributed by atoms with Gasteiger partial charge in [-0.3, -0.25) is 0 Å². The number of rotatable bonds is 4. The number of hydrogen-bond acceptors (Lipinski definition) is 2. The largest absolute Gasteiger partial charge is 0.410 e. The van der Waals surface area contributed by atoms with Gasteiger partial charge in [0.15, 0.2) is 0 Å². The molecule has 0 saturated heterocycles. The Bertz CT molecular complexity index is 90.2. The first-order chi connectivity index (χ1) is 4.42. The Balaban J connectivity index is 3.21. The van der Waals surface area contributed by atoms with Gasteiger partial charge in [-0.05, 0) is 12.5 Å². The van der Waals surface area contributed by atoms with E-state index in [4.69, 9.17) is 9.59 Å². The average molecular weight is 163 g/mol. The molecule has 3 nitrogen and oxygen atoms in total. The molecule has 0 atom stereocenters. The van der Waals surface area contributed by atoms with Crippen LogP contribution in [0.4, 0.5) is 0 Å². The SMILES string of the molecule is C[N+](C)(C)CCC[Si](O)O. The van der Waals surface area contributed by atoms with Crippen molar-refractivity contribution >= 4 is 9.28 Å². The highest BCUT2D eigenvalue weighted by molar-refractivity contribution is 6.40. The lowest BCUT2D eigenvalue weighted by molar-refractivity contribution is -0.870. The minimum Gasteiger partial charge on any atom is -0.410 e. The maximum atomic E-state index is 8.60. The van der Waals surface area contributed by atoms with Crippen LogP contribution < -0.4 is 0 Å². The Morgan fingerprint density at radius 1 is 1.20 bits per heavy atom. The summed E-state index contributed by atoms with van der Waals surface area (Å²) in [7, 11) is 4.33. The molecule has 0 aliphatic heterocycles. The van der Waals surface area contributed by atoms with Crippen LogP contribution >= 0.6 is 0 Å². The minimum absolute atomic E-state index is 0.584. The maximum absolute atomic E-state index is 8.60. The van der Waals surface area contributed by atoms with Crippen LogP contribution in [0.25, 0.3) is 0 Å². The zero-order valence-corrected chi connectivity index (χ0v) is 7.96. The van der Waals surface area contributed by atoms with E-state index in [9.17, 15) is 0 Å². The first-order valence-corrected chi connectivity index (χ1v) is 5.06. The van der Waals surface area contributed by atoms with Gasteiger partial charge in [0.25, 0.3) is 0 Å². The topological polar surface area (TPSA) is 40.5 Å². The summed E-state index contributed by atoms with van der Waals surface area (Å²) < 4.78 is 0.898. The Labute approximate surface area is 64.3 Å². The van der Waals surface area contributed by atoms with Crippen LogP contribution in [0.3, 0.4) is 0 Å².